The van der Waals surface area contributed by atoms with Crippen LogP contribution in [-0.2, 0) is 26.3 Å². The molecule has 0 aromatic carbocycles. The maximum Gasteiger partial charge on any atom is 0.307 e. The first-order valence-corrected chi connectivity index (χ1v) is 9.72. The van der Waals surface area contributed by atoms with Gasteiger partial charge in [-0.25, -0.2) is 0 Å². The van der Waals surface area contributed by atoms with Crippen LogP contribution in [0.2, 0.25) is 0 Å². The highest BCUT2D eigenvalue weighted by atomic mass is 32.2. The van der Waals surface area contributed by atoms with Crippen molar-refractivity contribution in [3.05, 3.63) is 22.4 Å². The molecule has 2 rings (SSSR count). The topological polar surface area (TPSA) is 87.2 Å². The Bertz CT molecular complexity index is 603. The summed E-state index contributed by atoms with van der Waals surface area (Å²) in [7, 11) is -2.18. The Morgan fingerprint density at radius 3 is 2.96 bits per heavy atom. The molecule has 0 spiro atoms. The SMILES string of the molecule is COCCN(Cc1cccs1)S(=O)(=O)N1CCCC(C(=O)O)C1. The van der Waals surface area contributed by atoms with E-state index in [9.17, 15) is 13.2 Å². The lowest BCUT2D eigenvalue weighted by molar-refractivity contribution is -0.142. The molecule has 1 fully saturated rings. The van der Waals surface area contributed by atoms with E-state index in [1.54, 1.807) is 0 Å². The average molecular weight is 362 g/mol. The van der Waals surface area contributed by atoms with Crippen LogP contribution in [0, 0.1) is 5.92 Å². The van der Waals surface area contributed by atoms with Gasteiger partial charge in [-0.2, -0.15) is 17.0 Å². The predicted molar refractivity (Wildman–Crippen MR) is 87.5 cm³/mol. The van der Waals surface area contributed by atoms with Gasteiger partial charge in [-0.05, 0) is 24.3 Å². The van der Waals surface area contributed by atoms with E-state index in [0.29, 0.717) is 26.0 Å². The molecular formula is C14H22N2O5S2. The monoisotopic (exact) mass is 362 g/mol. The summed E-state index contributed by atoms with van der Waals surface area (Å²) >= 11 is 1.49. The van der Waals surface area contributed by atoms with Crippen molar-refractivity contribution in [2.24, 2.45) is 5.92 Å². The molecule has 0 radical (unpaired) electrons. The molecule has 1 aromatic heterocycles. The van der Waals surface area contributed by atoms with Crippen LogP contribution < -0.4 is 0 Å². The summed E-state index contributed by atoms with van der Waals surface area (Å²) in [6, 6.07) is 3.76. The number of carboxylic acid groups (broad SMARTS) is 1. The summed E-state index contributed by atoms with van der Waals surface area (Å²) in [6.45, 7) is 1.20. The van der Waals surface area contributed by atoms with E-state index in [2.05, 4.69) is 0 Å². The first kappa shape index (κ1) is 18.3. The number of carboxylic acids is 1. The number of hydrogen-bond acceptors (Lipinski definition) is 5. The third-order valence-electron chi connectivity index (χ3n) is 3.84. The van der Waals surface area contributed by atoms with E-state index in [0.717, 1.165) is 4.88 Å². The molecule has 0 saturated carbocycles. The molecule has 1 unspecified atom stereocenters. The molecular weight excluding hydrogens is 340 g/mol. The van der Waals surface area contributed by atoms with Gasteiger partial charge in [0.2, 0.25) is 0 Å². The Hall–Kier alpha value is -1.00. The van der Waals surface area contributed by atoms with Gasteiger partial charge in [0.15, 0.2) is 0 Å². The molecule has 1 atom stereocenters. The zero-order valence-electron chi connectivity index (χ0n) is 13.1. The summed E-state index contributed by atoms with van der Waals surface area (Å²) in [6.07, 6.45) is 1.08. The largest absolute Gasteiger partial charge is 0.481 e. The molecule has 0 amide bonds. The number of methoxy groups -OCH3 is 1. The summed E-state index contributed by atoms with van der Waals surface area (Å²) in [5.74, 6) is -1.57. The molecule has 9 heteroatoms. The molecule has 1 N–H and O–H groups in total. The fourth-order valence-electron chi connectivity index (χ4n) is 2.56. The zero-order chi connectivity index (χ0) is 16.9. The van der Waals surface area contributed by atoms with Crippen LogP contribution in [0.15, 0.2) is 17.5 Å². The van der Waals surface area contributed by atoms with E-state index in [-0.39, 0.29) is 19.6 Å². The minimum Gasteiger partial charge on any atom is -0.481 e. The third-order valence-corrected chi connectivity index (χ3v) is 6.65. The second kappa shape index (κ2) is 8.20. The fourth-order valence-corrected chi connectivity index (χ4v) is 5.03. The number of aliphatic carboxylic acids is 1. The van der Waals surface area contributed by atoms with Gasteiger partial charge in [0.25, 0.3) is 10.2 Å². The number of carbonyl (C=O) groups is 1. The highest BCUT2D eigenvalue weighted by molar-refractivity contribution is 7.86. The number of ether oxygens (including phenoxy) is 1. The summed E-state index contributed by atoms with van der Waals surface area (Å²) in [5, 5.41) is 11.1. The Kier molecular flexibility index (Phi) is 6.54. The number of hydrogen-bond donors (Lipinski definition) is 1. The molecule has 1 aliphatic heterocycles. The fraction of sp³-hybridized carbons (Fsp3) is 0.643. The lowest BCUT2D eigenvalue weighted by Gasteiger charge is -2.34. The summed E-state index contributed by atoms with van der Waals surface area (Å²) in [4.78, 5) is 12.1. The van der Waals surface area contributed by atoms with Gasteiger partial charge in [-0.1, -0.05) is 6.07 Å². The molecule has 130 valence electrons. The maximum atomic E-state index is 12.9. The Balaban J connectivity index is 2.15. The van der Waals surface area contributed by atoms with Gasteiger partial charge in [0, 0.05) is 38.2 Å². The van der Waals surface area contributed by atoms with Crippen molar-refractivity contribution in [3.8, 4) is 0 Å². The minimum atomic E-state index is -3.71. The van der Waals surface area contributed by atoms with E-state index in [1.165, 1.54) is 27.1 Å². The van der Waals surface area contributed by atoms with Crippen LogP contribution in [-0.4, -0.2) is 61.5 Å². The van der Waals surface area contributed by atoms with Crippen molar-refractivity contribution in [2.45, 2.75) is 19.4 Å². The second-order valence-electron chi connectivity index (χ2n) is 5.45. The normalized spacial score (nSPS) is 20.0. The zero-order valence-corrected chi connectivity index (χ0v) is 14.7. The molecule has 0 aliphatic carbocycles. The van der Waals surface area contributed by atoms with Crippen LogP contribution in [0.25, 0.3) is 0 Å². The predicted octanol–water partition coefficient (Wildman–Crippen LogP) is 1.24. The van der Waals surface area contributed by atoms with Crippen LogP contribution in [0.1, 0.15) is 17.7 Å². The number of thiophene rings is 1. The Morgan fingerprint density at radius 1 is 1.57 bits per heavy atom. The van der Waals surface area contributed by atoms with Crippen molar-refractivity contribution in [1.29, 1.82) is 0 Å². The van der Waals surface area contributed by atoms with Crippen molar-refractivity contribution in [3.63, 3.8) is 0 Å². The van der Waals surface area contributed by atoms with Crippen LogP contribution >= 0.6 is 11.3 Å². The van der Waals surface area contributed by atoms with Crippen molar-refractivity contribution < 1.29 is 23.1 Å². The standard InChI is InChI=1S/C14H22N2O5S2/c1-21-8-7-16(11-13-5-3-9-22-13)23(19,20)15-6-2-4-12(10-15)14(17)18/h3,5,9,12H,2,4,6-8,10-11H2,1H3,(H,17,18). The van der Waals surface area contributed by atoms with E-state index >= 15 is 0 Å². The molecule has 1 aliphatic rings. The van der Waals surface area contributed by atoms with Gasteiger partial charge in [0.1, 0.15) is 0 Å². The second-order valence-corrected chi connectivity index (χ2v) is 8.41. The average Bonchev–Trinajstić information content (AvgIpc) is 3.04. The molecule has 1 saturated heterocycles. The molecule has 0 bridgehead atoms. The van der Waals surface area contributed by atoms with Gasteiger partial charge in [-0.15, -0.1) is 11.3 Å². The van der Waals surface area contributed by atoms with Gasteiger partial charge < -0.3 is 9.84 Å². The molecule has 7 nitrogen and oxygen atoms in total. The van der Waals surface area contributed by atoms with E-state index < -0.39 is 22.1 Å². The minimum absolute atomic E-state index is 0.0333. The van der Waals surface area contributed by atoms with E-state index in [1.807, 2.05) is 17.5 Å². The van der Waals surface area contributed by atoms with Crippen LogP contribution in [0.4, 0.5) is 0 Å². The van der Waals surface area contributed by atoms with Crippen molar-refractivity contribution in [2.75, 3.05) is 33.4 Å². The number of piperidine rings is 1. The third kappa shape index (κ3) is 4.74. The number of rotatable bonds is 8. The molecule has 23 heavy (non-hydrogen) atoms. The van der Waals surface area contributed by atoms with Gasteiger partial charge in [-0.3, -0.25) is 4.79 Å². The maximum absolute atomic E-state index is 12.9. The van der Waals surface area contributed by atoms with Crippen molar-refractivity contribution in [1.82, 2.24) is 8.61 Å². The van der Waals surface area contributed by atoms with Crippen LogP contribution in [0.3, 0.4) is 0 Å². The van der Waals surface area contributed by atoms with E-state index in [4.69, 9.17) is 9.84 Å². The molecule has 2 heterocycles. The highest BCUT2D eigenvalue weighted by Gasteiger charge is 2.35. The number of nitrogens with zero attached hydrogens (tertiary/aromatic N) is 2. The van der Waals surface area contributed by atoms with Gasteiger partial charge in [0.05, 0.1) is 12.5 Å². The van der Waals surface area contributed by atoms with Crippen molar-refractivity contribution >= 4 is 27.5 Å². The molecule has 1 aromatic rings. The highest BCUT2D eigenvalue weighted by Crippen LogP contribution is 2.23. The smallest absolute Gasteiger partial charge is 0.307 e. The summed E-state index contributed by atoms with van der Waals surface area (Å²) < 4.78 is 33.5. The first-order chi connectivity index (χ1) is 10.9. The van der Waals surface area contributed by atoms with Crippen LogP contribution in [0.5, 0.6) is 0 Å². The lowest BCUT2D eigenvalue weighted by Crippen LogP contribution is -2.49. The lowest BCUT2D eigenvalue weighted by atomic mass is 10.0. The quantitative estimate of drug-likeness (QED) is 0.752. The first-order valence-electron chi connectivity index (χ1n) is 7.44. The Labute approximate surface area is 140 Å². The summed E-state index contributed by atoms with van der Waals surface area (Å²) in [5.41, 5.74) is 0. The Morgan fingerprint density at radius 2 is 2.35 bits per heavy atom. The van der Waals surface area contributed by atoms with Gasteiger partial charge >= 0.3 is 5.97 Å².